The van der Waals surface area contributed by atoms with Crippen molar-refractivity contribution in [3.8, 4) is 0 Å². The molecule has 0 spiro atoms. The van der Waals surface area contributed by atoms with Gasteiger partial charge in [0.05, 0.1) is 0 Å². The zero-order valence-electron chi connectivity index (χ0n) is 15.4. The number of aromatic nitrogens is 1. The summed E-state index contributed by atoms with van der Waals surface area (Å²) in [4.78, 5) is 9.36. The van der Waals surface area contributed by atoms with Gasteiger partial charge in [-0.2, -0.15) is 0 Å². The van der Waals surface area contributed by atoms with Crippen LogP contribution in [0, 0.1) is 5.82 Å². The molecular weight excluding hydrogens is 373 g/mol. The Morgan fingerprint density at radius 3 is 2.50 bits per heavy atom. The van der Waals surface area contributed by atoms with Crippen LogP contribution in [-0.4, -0.2) is 10.8 Å². The number of benzene rings is 2. The van der Waals surface area contributed by atoms with Crippen molar-refractivity contribution >= 4 is 23.1 Å². The van der Waals surface area contributed by atoms with Crippen molar-refractivity contribution in [1.29, 1.82) is 0 Å². The highest BCUT2D eigenvalue weighted by molar-refractivity contribution is 6.31. The molecule has 0 fully saturated rings. The van der Waals surface area contributed by atoms with Gasteiger partial charge < -0.3 is 5.32 Å². The Labute approximate surface area is 168 Å². The standard InChI is InChI=1S/C23H19ClFN3/c1-2-17-21(15-8-4-3-5-9-15)27-23(20-10-6-7-13-26-20)28-22(17)18-12-11-16(25)14-19(18)24/h3-14,22H,2H2,1H3,(H,27,28). The minimum atomic E-state index is -0.359. The predicted molar refractivity (Wildman–Crippen MR) is 112 cm³/mol. The molecule has 2 heterocycles. The molecule has 3 aromatic rings. The van der Waals surface area contributed by atoms with Crippen molar-refractivity contribution in [1.82, 2.24) is 10.3 Å². The van der Waals surface area contributed by atoms with Gasteiger partial charge in [0.2, 0.25) is 0 Å². The topological polar surface area (TPSA) is 37.3 Å². The molecule has 4 rings (SSSR count). The predicted octanol–water partition coefficient (Wildman–Crippen LogP) is 5.79. The van der Waals surface area contributed by atoms with E-state index in [0.29, 0.717) is 10.9 Å². The van der Waals surface area contributed by atoms with Gasteiger partial charge in [-0.3, -0.25) is 9.98 Å². The van der Waals surface area contributed by atoms with E-state index in [-0.39, 0.29) is 11.9 Å². The number of nitrogens with zero attached hydrogens (tertiary/aromatic N) is 2. The van der Waals surface area contributed by atoms with Crippen LogP contribution in [0.1, 0.15) is 36.2 Å². The molecule has 0 saturated heterocycles. The maximum absolute atomic E-state index is 13.6. The van der Waals surface area contributed by atoms with Crippen LogP contribution in [0.4, 0.5) is 4.39 Å². The number of aliphatic imine (C=N–C) groups is 1. The molecule has 1 aromatic heterocycles. The fraction of sp³-hybridized carbons (Fsp3) is 0.130. The lowest BCUT2D eigenvalue weighted by Gasteiger charge is -2.29. The van der Waals surface area contributed by atoms with Gasteiger partial charge in [-0.05, 0) is 47.4 Å². The third-order valence-electron chi connectivity index (χ3n) is 4.76. The molecule has 1 N–H and O–H groups in total. The highest BCUT2D eigenvalue weighted by atomic mass is 35.5. The van der Waals surface area contributed by atoms with Crippen molar-refractivity contribution in [3.05, 3.63) is 106 Å². The van der Waals surface area contributed by atoms with Crippen LogP contribution in [0.3, 0.4) is 0 Å². The fourth-order valence-electron chi connectivity index (χ4n) is 3.42. The van der Waals surface area contributed by atoms with Crippen molar-refractivity contribution in [2.24, 2.45) is 4.99 Å². The van der Waals surface area contributed by atoms with Crippen molar-refractivity contribution < 1.29 is 4.39 Å². The quantitative estimate of drug-likeness (QED) is 0.611. The highest BCUT2D eigenvalue weighted by Crippen LogP contribution is 2.39. The molecule has 1 aliphatic heterocycles. The molecule has 1 aliphatic rings. The molecule has 0 bridgehead atoms. The van der Waals surface area contributed by atoms with Gasteiger partial charge in [-0.25, -0.2) is 4.39 Å². The molecule has 140 valence electrons. The SMILES string of the molecule is CCC1=C(c2ccccc2)NC(c2ccccn2)=NC1c1ccc(F)cc1Cl. The van der Waals surface area contributed by atoms with Gasteiger partial charge in [0.25, 0.3) is 0 Å². The molecule has 0 saturated carbocycles. The number of hydrogen-bond acceptors (Lipinski definition) is 3. The summed E-state index contributed by atoms with van der Waals surface area (Å²) >= 11 is 6.40. The summed E-state index contributed by atoms with van der Waals surface area (Å²) in [6, 6.07) is 20.0. The molecule has 1 atom stereocenters. The van der Waals surface area contributed by atoms with Crippen LogP contribution >= 0.6 is 11.6 Å². The van der Waals surface area contributed by atoms with E-state index in [9.17, 15) is 4.39 Å². The number of halogens is 2. The molecule has 5 heteroatoms. The molecule has 2 aromatic carbocycles. The summed E-state index contributed by atoms with van der Waals surface area (Å²) in [5.74, 6) is 0.309. The zero-order valence-corrected chi connectivity index (χ0v) is 16.1. The Hall–Kier alpha value is -2.98. The minimum Gasteiger partial charge on any atom is -0.338 e. The van der Waals surface area contributed by atoms with Gasteiger partial charge in [-0.1, -0.05) is 61.0 Å². The van der Waals surface area contributed by atoms with E-state index in [1.807, 2.05) is 36.4 Å². The van der Waals surface area contributed by atoms with Crippen molar-refractivity contribution in [2.75, 3.05) is 0 Å². The van der Waals surface area contributed by atoms with Gasteiger partial charge in [0, 0.05) is 16.9 Å². The van der Waals surface area contributed by atoms with E-state index < -0.39 is 0 Å². The average Bonchev–Trinajstić information content (AvgIpc) is 2.74. The van der Waals surface area contributed by atoms with Crippen LogP contribution in [0.2, 0.25) is 5.02 Å². The summed E-state index contributed by atoms with van der Waals surface area (Å²) < 4.78 is 13.6. The molecule has 0 amide bonds. The van der Waals surface area contributed by atoms with E-state index in [2.05, 4.69) is 29.4 Å². The Morgan fingerprint density at radius 2 is 1.82 bits per heavy atom. The number of nitrogens with one attached hydrogen (secondary N) is 1. The number of rotatable bonds is 4. The van der Waals surface area contributed by atoms with E-state index >= 15 is 0 Å². The Kier molecular flexibility index (Phi) is 5.22. The van der Waals surface area contributed by atoms with E-state index in [4.69, 9.17) is 16.6 Å². The van der Waals surface area contributed by atoms with Crippen LogP contribution in [0.25, 0.3) is 5.70 Å². The second-order valence-electron chi connectivity index (χ2n) is 6.51. The first-order valence-electron chi connectivity index (χ1n) is 9.17. The van der Waals surface area contributed by atoms with Gasteiger partial charge in [-0.15, -0.1) is 0 Å². The van der Waals surface area contributed by atoms with Gasteiger partial charge in [0.15, 0.2) is 5.84 Å². The highest BCUT2D eigenvalue weighted by Gasteiger charge is 2.28. The molecule has 1 unspecified atom stereocenters. The lowest BCUT2D eigenvalue weighted by molar-refractivity contribution is 0.626. The third kappa shape index (κ3) is 3.56. The number of pyridine rings is 1. The van der Waals surface area contributed by atoms with Crippen LogP contribution in [0.15, 0.2) is 83.5 Å². The van der Waals surface area contributed by atoms with E-state index in [1.165, 1.54) is 12.1 Å². The average molecular weight is 392 g/mol. The van der Waals surface area contributed by atoms with Crippen molar-refractivity contribution in [2.45, 2.75) is 19.4 Å². The Morgan fingerprint density at radius 1 is 1.04 bits per heavy atom. The lowest BCUT2D eigenvalue weighted by Crippen LogP contribution is -2.31. The molecule has 0 radical (unpaired) electrons. The molecule has 0 aliphatic carbocycles. The molecule has 3 nitrogen and oxygen atoms in total. The second-order valence-corrected chi connectivity index (χ2v) is 6.91. The van der Waals surface area contributed by atoms with Crippen molar-refractivity contribution in [3.63, 3.8) is 0 Å². The summed E-state index contributed by atoms with van der Waals surface area (Å²) in [6.07, 6.45) is 2.51. The smallest absolute Gasteiger partial charge is 0.152 e. The number of hydrogen-bond donors (Lipinski definition) is 1. The zero-order chi connectivity index (χ0) is 19.5. The first kappa shape index (κ1) is 18.4. The first-order chi connectivity index (χ1) is 13.7. The van der Waals surface area contributed by atoms with Gasteiger partial charge >= 0.3 is 0 Å². The minimum absolute atomic E-state index is 0.313. The monoisotopic (exact) mass is 391 g/mol. The lowest BCUT2D eigenvalue weighted by atomic mass is 9.91. The first-order valence-corrected chi connectivity index (χ1v) is 9.54. The van der Waals surface area contributed by atoms with Crippen LogP contribution in [0.5, 0.6) is 0 Å². The Bertz CT molecular complexity index is 1050. The summed E-state index contributed by atoms with van der Waals surface area (Å²) in [5.41, 5.74) is 4.67. The Balaban J connectivity index is 1.90. The summed E-state index contributed by atoms with van der Waals surface area (Å²) in [7, 11) is 0. The van der Waals surface area contributed by atoms with Gasteiger partial charge in [0.1, 0.15) is 17.6 Å². The fourth-order valence-corrected chi connectivity index (χ4v) is 3.69. The maximum atomic E-state index is 13.6. The maximum Gasteiger partial charge on any atom is 0.152 e. The normalized spacial score (nSPS) is 16.5. The molecule has 28 heavy (non-hydrogen) atoms. The van der Waals surface area contributed by atoms with E-state index in [1.54, 1.807) is 12.3 Å². The van der Waals surface area contributed by atoms with Crippen LogP contribution < -0.4 is 5.32 Å². The summed E-state index contributed by atoms with van der Waals surface area (Å²) in [5, 5.41) is 3.84. The summed E-state index contributed by atoms with van der Waals surface area (Å²) in [6.45, 7) is 2.09. The van der Waals surface area contributed by atoms with E-state index in [0.717, 1.165) is 34.5 Å². The third-order valence-corrected chi connectivity index (χ3v) is 5.09. The molecular formula is C23H19ClFN3. The largest absolute Gasteiger partial charge is 0.338 e. The van der Waals surface area contributed by atoms with Crippen LogP contribution in [-0.2, 0) is 0 Å². The number of amidine groups is 1. The second kappa shape index (κ2) is 7.95.